The zero-order valence-electron chi connectivity index (χ0n) is 15.5. The summed E-state index contributed by atoms with van der Waals surface area (Å²) >= 11 is 5.90. The molecule has 2 amide bonds. The molecule has 4 rings (SSSR count). The summed E-state index contributed by atoms with van der Waals surface area (Å²) < 4.78 is 24.4. The fourth-order valence-corrected chi connectivity index (χ4v) is 6.53. The molecule has 28 heavy (non-hydrogen) atoms. The van der Waals surface area contributed by atoms with Crippen molar-refractivity contribution in [3.05, 3.63) is 29.3 Å². The van der Waals surface area contributed by atoms with Crippen LogP contribution in [0.25, 0.3) is 0 Å². The van der Waals surface area contributed by atoms with Crippen LogP contribution >= 0.6 is 11.6 Å². The first-order valence-corrected chi connectivity index (χ1v) is 11.8. The van der Waals surface area contributed by atoms with Crippen LogP contribution in [-0.2, 0) is 19.4 Å². The molecule has 3 heterocycles. The van der Waals surface area contributed by atoms with Crippen LogP contribution in [0, 0.1) is 5.92 Å². The number of likely N-dealkylation sites (tertiary alicyclic amines) is 1. The fourth-order valence-electron chi connectivity index (χ4n) is 4.45. The first-order chi connectivity index (χ1) is 13.3. The fraction of sp³-hybridized carbons (Fsp3) is 0.579. The van der Waals surface area contributed by atoms with E-state index >= 15 is 0 Å². The molecule has 1 aromatic rings. The van der Waals surface area contributed by atoms with Gasteiger partial charge in [-0.25, -0.2) is 8.42 Å². The van der Waals surface area contributed by atoms with Crippen molar-refractivity contribution in [2.75, 3.05) is 36.0 Å². The summed E-state index contributed by atoms with van der Waals surface area (Å²) in [5.41, 5.74) is 0.711. The van der Waals surface area contributed by atoms with Gasteiger partial charge in [-0.3, -0.25) is 14.5 Å². The molecule has 0 radical (unpaired) electrons. The number of halogens is 1. The van der Waals surface area contributed by atoms with Gasteiger partial charge in [-0.15, -0.1) is 0 Å². The Morgan fingerprint density at radius 2 is 1.79 bits per heavy atom. The summed E-state index contributed by atoms with van der Waals surface area (Å²) in [6.07, 6.45) is 2.25. The van der Waals surface area contributed by atoms with Crippen LogP contribution in [0.15, 0.2) is 24.3 Å². The van der Waals surface area contributed by atoms with Gasteiger partial charge < -0.3 is 10.2 Å². The minimum atomic E-state index is -3.17. The highest BCUT2D eigenvalue weighted by atomic mass is 35.5. The molecule has 3 aliphatic heterocycles. The topological polar surface area (TPSA) is 86.8 Å². The Kier molecular flexibility index (Phi) is 5.37. The maximum absolute atomic E-state index is 12.8. The van der Waals surface area contributed by atoms with Crippen LogP contribution in [0.5, 0.6) is 0 Å². The summed E-state index contributed by atoms with van der Waals surface area (Å²) in [5, 5.41) is 3.53. The van der Waals surface area contributed by atoms with Crippen LogP contribution in [0.3, 0.4) is 0 Å². The van der Waals surface area contributed by atoms with Crippen molar-refractivity contribution < 1.29 is 18.0 Å². The number of sulfone groups is 1. The van der Waals surface area contributed by atoms with Gasteiger partial charge >= 0.3 is 0 Å². The second-order valence-corrected chi connectivity index (χ2v) is 10.5. The van der Waals surface area contributed by atoms with Gasteiger partial charge in [0, 0.05) is 29.7 Å². The van der Waals surface area contributed by atoms with Gasteiger partial charge in [0.1, 0.15) is 0 Å². The standard InChI is InChI=1S/C19H24ClN3O4S/c20-14-3-5-15(6-4-14)23-10-13(9-18(23)24)19(25)21-16-11-28(26,27)12-17(16)22-7-1-2-8-22/h3-6,13,16-17H,1-2,7-12H2,(H,21,25). The largest absolute Gasteiger partial charge is 0.350 e. The van der Waals surface area contributed by atoms with Crippen LogP contribution < -0.4 is 10.2 Å². The molecule has 0 spiro atoms. The van der Waals surface area contributed by atoms with E-state index in [1.807, 2.05) is 0 Å². The first kappa shape index (κ1) is 19.7. The lowest BCUT2D eigenvalue weighted by Crippen LogP contribution is -2.51. The molecule has 0 bridgehead atoms. The Morgan fingerprint density at radius 3 is 2.46 bits per heavy atom. The van der Waals surface area contributed by atoms with Gasteiger partial charge in [0.2, 0.25) is 11.8 Å². The number of carbonyl (C=O) groups excluding carboxylic acids is 2. The van der Waals surface area contributed by atoms with Crippen LogP contribution in [0.1, 0.15) is 19.3 Å². The molecule has 152 valence electrons. The molecule has 3 aliphatic rings. The highest BCUT2D eigenvalue weighted by molar-refractivity contribution is 7.91. The first-order valence-electron chi connectivity index (χ1n) is 9.63. The number of hydrogen-bond acceptors (Lipinski definition) is 5. The van der Waals surface area contributed by atoms with Gasteiger partial charge in [-0.2, -0.15) is 0 Å². The predicted octanol–water partition coefficient (Wildman–Crippen LogP) is 1.07. The molecule has 0 saturated carbocycles. The molecule has 3 unspecified atom stereocenters. The Hall–Kier alpha value is -1.64. The van der Waals surface area contributed by atoms with Gasteiger partial charge in [0.25, 0.3) is 0 Å². The van der Waals surface area contributed by atoms with E-state index in [0.717, 1.165) is 25.9 Å². The second-order valence-electron chi connectivity index (χ2n) is 7.88. The molecular weight excluding hydrogens is 402 g/mol. The van der Waals surface area contributed by atoms with Crippen molar-refractivity contribution in [2.45, 2.75) is 31.3 Å². The van der Waals surface area contributed by atoms with Crippen molar-refractivity contribution in [1.29, 1.82) is 0 Å². The van der Waals surface area contributed by atoms with E-state index in [-0.39, 0.29) is 35.8 Å². The number of carbonyl (C=O) groups is 2. The number of amides is 2. The van der Waals surface area contributed by atoms with Crippen molar-refractivity contribution in [3.8, 4) is 0 Å². The summed E-state index contributed by atoms with van der Waals surface area (Å²) in [7, 11) is -3.17. The second kappa shape index (κ2) is 7.65. The number of benzene rings is 1. The Labute approximate surface area is 169 Å². The quantitative estimate of drug-likeness (QED) is 0.779. The third-order valence-electron chi connectivity index (χ3n) is 5.89. The molecule has 3 saturated heterocycles. The molecule has 3 atom stereocenters. The normalized spacial score (nSPS) is 30.1. The van der Waals surface area contributed by atoms with Crippen molar-refractivity contribution in [3.63, 3.8) is 0 Å². The van der Waals surface area contributed by atoms with Gasteiger partial charge in [-0.1, -0.05) is 11.6 Å². The molecule has 1 N–H and O–H groups in total. The van der Waals surface area contributed by atoms with E-state index in [1.165, 1.54) is 0 Å². The zero-order chi connectivity index (χ0) is 19.9. The van der Waals surface area contributed by atoms with Crippen molar-refractivity contribution in [1.82, 2.24) is 10.2 Å². The monoisotopic (exact) mass is 425 g/mol. The van der Waals surface area contributed by atoms with E-state index in [2.05, 4.69) is 10.2 Å². The maximum atomic E-state index is 12.8. The summed E-state index contributed by atoms with van der Waals surface area (Å²) in [5.74, 6) is -0.765. The molecule has 0 aliphatic carbocycles. The molecule has 3 fully saturated rings. The molecule has 0 aromatic heterocycles. The number of rotatable bonds is 4. The van der Waals surface area contributed by atoms with E-state index < -0.39 is 21.8 Å². The van der Waals surface area contributed by atoms with Crippen molar-refractivity contribution >= 4 is 38.9 Å². The molecule has 7 nitrogen and oxygen atoms in total. The highest BCUT2D eigenvalue weighted by Gasteiger charge is 2.44. The van der Waals surface area contributed by atoms with Gasteiger partial charge in [0.15, 0.2) is 9.84 Å². The minimum absolute atomic E-state index is 0.0263. The van der Waals surface area contributed by atoms with Crippen LogP contribution in [0.2, 0.25) is 5.02 Å². The Morgan fingerprint density at radius 1 is 1.11 bits per heavy atom. The maximum Gasteiger partial charge on any atom is 0.227 e. The predicted molar refractivity (Wildman–Crippen MR) is 107 cm³/mol. The van der Waals surface area contributed by atoms with Gasteiger partial charge in [-0.05, 0) is 50.2 Å². The summed E-state index contributed by atoms with van der Waals surface area (Å²) in [6, 6.07) is 6.36. The number of nitrogens with zero attached hydrogens (tertiary/aromatic N) is 2. The Balaban J connectivity index is 1.43. The lowest BCUT2D eigenvalue weighted by molar-refractivity contribution is -0.127. The smallest absolute Gasteiger partial charge is 0.227 e. The van der Waals surface area contributed by atoms with E-state index in [0.29, 0.717) is 17.3 Å². The van der Waals surface area contributed by atoms with Crippen molar-refractivity contribution in [2.24, 2.45) is 5.92 Å². The highest BCUT2D eigenvalue weighted by Crippen LogP contribution is 2.28. The third kappa shape index (κ3) is 4.04. The number of hydrogen-bond donors (Lipinski definition) is 1. The van der Waals surface area contributed by atoms with Gasteiger partial charge in [0.05, 0.1) is 23.5 Å². The third-order valence-corrected chi connectivity index (χ3v) is 7.86. The average Bonchev–Trinajstić information content (AvgIpc) is 3.35. The minimum Gasteiger partial charge on any atom is -0.350 e. The summed E-state index contributed by atoms with van der Waals surface area (Å²) in [4.78, 5) is 29.0. The number of anilines is 1. The average molecular weight is 426 g/mol. The molecular formula is C19H24ClN3O4S. The zero-order valence-corrected chi connectivity index (χ0v) is 17.1. The summed E-state index contributed by atoms with van der Waals surface area (Å²) in [6.45, 7) is 2.04. The lowest BCUT2D eigenvalue weighted by Gasteiger charge is -2.29. The lowest BCUT2D eigenvalue weighted by atomic mass is 10.1. The number of nitrogens with one attached hydrogen (secondary N) is 1. The SMILES string of the molecule is O=C(NC1CS(=O)(=O)CC1N1CCCC1)C1CC(=O)N(c2ccc(Cl)cc2)C1. The Bertz CT molecular complexity index is 868. The molecule has 1 aromatic carbocycles. The van der Waals surface area contributed by atoms with E-state index in [9.17, 15) is 18.0 Å². The van der Waals surface area contributed by atoms with Crippen LogP contribution in [-0.4, -0.2) is 68.4 Å². The molecule has 9 heteroatoms. The van der Waals surface area contributed by atoms with Crippen LogP contribution in [0.4, 0.5) is 5.69 Å². The van der Waals surface area contributed by atoms with E-state index in [4.69, 9.17) is 11.6 Å². The van der Waals surface area contributed by atoms with E-state index in [1.54, 1.807) is 29.2 Å².